The lowest BCUT2D eigenvalue weighted by Gasteiger charge is -2.29. The van der Waals surface area contributed by atoms with Gasteiger partial charge in [0.1, 0.15) is 0 Å². The van der Waals surface area contributed by atoms with Crippen LogP contribution in [-0.4, -0.2) is 24.0 Å². The van der Waals surface area contributed by atoms with Crippen LogP contribution < -0.4 is 16.2 Å². The van der Waals surface area contributed by atoms with E-state index in [1.54, 1.807) is 35.2 Å². The van der Waals surface area contributed by atoms with E-state index in [4.69, 9.17) is 40.6 Å². The number of carbonyl (C=O) groups excluding carboxylic acids is 1. The molecule has 2 aromatic rings. The number of nitrogens with zero attached hydrogens (tertiary/aromatic N) is 2. The van der Waals surface area contributed by atoms with E-state index in [2.05, 4.69) is 11.9 Å². The topological polar surface area (TPSA) is 61.6 Å². The van der Waals surface area contributed by atoms with Gasteiger partial charge in [0.15, 0.2) is 0 Å². The van der Waals surface area contributed by atoms with Crippen LogP contribution in [0.3, 0.4) is 0 Å². The summed E-state index contributed by atoms with van der Waals surface area (Å²) in [5, 5.41) is 5.89. The molecule has 0 bridgehead atoms. The van der Waals surface area contributed by atoms with Crippen molar-refractivity contribution in [2.45, 2.75) is 26.2 Å². The second-order valence-electron chi connectivity index (χ2n) is 7.40. The van der Waals surface area contributed by atoms with Crippen molar-refractivity contribution in [3.8, 4) is 0 Å². The Morgan fingerprint density at radius 2 is 1.65 bits per heavy atom. The first-order valence-electron chi connectivity index (χ1n) is 10.00. The van der Waals surface area contributed by atoms with Gasteiger partial charge in [-0.05, 0) is 62.1 Å². The van der Waals surface area contributed by atoms with Gasteiger partial charge in [0.05, 0.1) is 16.4 Å². The minimum atomic E-state index is -0.160. The number of hydrogen-bond acceptors (Lipinski definition) is 3. The van der Waals surface area contributed by atoms with Gasteiger partial charge in [-0.25, -0.2) is 10.6 Å². The number of halogens is 3. The Labute approximate surface area is 198 Å². The molecule has 0 atom stereocenters. The number of nitrogens with two attached hydrogens (primary N) is 1. The molecular formula is C23H25Cl3N4O. The Morgan fingerprint density at radius 3 is 2.26 bits per heavy atom. The van der Waals surface area contributed by atoms with Crippen molar-refractivity contribution in [1.29, 1.82) is 0 Å². The zero-order valence-electron chi connectivity index (χ0n) is 17.3. The second kappa shape index (κ2) is 10.4. The fraction of sp³-hybridized carbons (Fsp3) is 0.261. The van der Waals surface area contributed by atoms with Crippen molar-refractivity contribution in [3.63, 3.8) is 0 Å². The van der Waals surface area contributed by atoms with E-state index in [-0.39, 0.29) is 6.03 Å². The van der Waals surface area contributed by atoms with Gasteiger partial charge in [-0.1, -0.05) is 53.5 Å². The molecule has 1 heterocycles. The minimum Gasteiger partial charge on any atom is -0.325 e. The van der Waals surface area contributed by atoms with Crippen molar-refractivity contribution < 1.29 is 4.79 Å². The highest BCUT2D eigenvalue weighted by molar-refractivity contribution is 6.36. The minimum absolute atomic E-state index is 0.160. The monoisotopic (exact) mass is 478 g/mol. The van der Waals surface area contributed by atoms with Crippen LogP contribution in [-0.2, 0) is 0 Å². The molecule has 0 aliphatic carbocycles. The van der Waals surface area contributed by atoms with Crippen LogP contribution in [0, 0.1) is 0 Å². The van der Waals surface area contributed by atoms with Crippen LogP contribution >= 0.6 is 34.8 Å². The predicted molar refractivity (Wildman–Crippen MR) is 130 cm³/mol. The maximum Gasteiger partial charge on any atom is 0.321 e. The van der Waals surface area contributed by atoms with E-state index < -0.39 is 0 Å². The molecule has 8 heteroatoms. The van der Waals surface area contributed by atoms with E-state index in [1.165, 1.54) is 5.01 Å². The van der Waals surface area contributed by atoms with Crippen molar-refractivity contribution >= 4 is 52.2 Å². The third kappa shape index (κ3) is 5.74. The molecule has 1 aliphatic heterocycles. The Kier molecular flexibility index (Phi) is 7.89. The number of carbonyl (C=O) groups is 1. The highest BCUT2D eigenvalue weighted by Gasteiger charge is 2.21. The number of urea groups is 1. The van der Waals surface area contributed by atoms with Crippen LogP contribution in [0.15, 0.2) is 60.3 Å². The summed E-state index contributed by atoms with van der Waals surface area (Å²) < 4.78 is 0. The molecule has 2 aromatic carbocycles. The van der Waals surface area contributed by atoms with Gasteiger partial charge in [0, 0.05) is 34.4 Å². The molecule has 1 fully saturated rings. The lowest BCUT2D eigenvalue weighted by molar-refractivity contribution is 0.189. The number of hydrogen-bond donors (Lipinski definition) is 2. The SMILES string of the molecule is C=C(NC(=O)N1CCCCC1)/C(C)=C(/c1ccc(Cl)cc1)N(N)c1ccc(Cl)cc1Cl. The lowest BCUT2D eigenvalue weighted by Crippen LogP contribution is -2.42. The maximum absolute atomic E-state index is 12.7. The van der Waals surface area contributed by atoms with E-state index in [0.29, 0.717) is 37.7 Å². The molecule has 1 aliphatic rings. The first-order valence-corrected chi connectivity index (χ1v) is 11.1. The van der Waals surface area contributed by atoms with Crippen molar-refractivity contribution in [1.82, 2.24) is 10.2 Å². The summed E-state index contributed by atoms with van der Waals surface area (Å²) >= 11 is 18.5. The number of anilines is 1. The Bertz CT molecular complexity index is 998. The number of benzene rings is 2. The Morgan fingerprint density at radius 1 is 1.03 bits per heavy atom. The number of amides is 2. The average molecular weight is 480 g/mol. The molecule has 0 radical (unpaired) electrons. The van der Waals surface area contributed by atoms with Crippen molar-refractivity contribution in [3.05, 3.63) is 80.9 Å². The van der Waals surface area contributed by atoms with E-state index in [0.717, 1.165) is 37.9 Å². The van der Waals surface area contributed by atoms with Crippen LogP contribution in [0.5, 0.6) is 0 Å². The third-order valence-electron chi connectivity index (χ3n) is 5.24. The maximum atomic E-state index is 12.7. The largest absolute Gasteiger partial charge is 0.325 e. The number of allylic oxidation sites excluding steroid dienone is 1. The third-order valence-corrected chi connectivity index (χ3v) is 6.03. The molecule has 31 heavy (non-hydrogen) atoms. The predicted octanol–water partition coefficient (Wildman–Crippen LogP) is 6.47. The van der Waals surface area contributed by atoms with Crippen LogP contribution in [0.1, 0.15) is 31.7 Å². The molecule has 0 spiro atoms. The Balaban J connectivity index is 1.97. The standard InChI is InChI=1S/C23H25Cl3N4O/c1-15(16(2)28-23(31)29-12-4-3-5-13-29)22(17-6-8-18(24)9-7-17)30(27)21-11-10-19(25)14-20(21)26/h6-11,14H,2-5,12-13,27H2,1H3,(H,28,31)/b22-15-. The molecule has 0 unspecified atom stereocenters. The summed E-state index contributed by atoms with van der Waals surface area (Å²) in [5.41, 5.74) is 3.14. The van der Waals surface area contributed by atoms with Crippen LogP contribution in [0.4, 0.5) is 10.5 Å². The zero-order valence-corrected chi connectivity index (χ0v) is 19.6. The normalized spacial score (nSPS) is 14.7. The Hall–Kier alpha value is -2.18. The van der Waals surface area contributed by atoms with Gasteiger partial charge in [-0.3, -0.25) is 5.01 Å². The number of piperidine rings is 1. The second-order valence-corrected chi connectivity index (χ2v) is 8.68. The zero-order chi connectivity index (χ0) is 22.5. The van der Waals surface area contributed by atoms with E-state index in [9.17, 15) is 4.79 Å². The smallest absolute Gasteiger partial charge is 0.321 e. The number of rotatable bonds is 5. The number of hydrazine groups is 1. The molecular weight excluding hydrogens is 455 g/mol. The highest BCUT2D eigenvalue weighted by Crippen LogP contribution is 2.34. The molecule has 0 saturated carbocycles. The van der Waals surface area contributed by atoms with Crippen LogP contribution in [0.2, 0.25) is 15.1 Å². The van der Waals surface area contributed by atoms with Gasteiger partial charge < -0.3 is 10.2 Å². The summed E-state index contributed by atoms with van der Waals surface area (Å²) in [6, 6.07) is 12.2. The van der Waals surface area contributed by atoms with Crippen molar-refractivity contribution in [2.75, 3.05) is 18.1 Å². The van der Waals surface area contributed by atoms with E-state index in [1.807, 2.05) is 19.1 Å². The van der Waals surface area contributed by atoms with Gasteiger partial charge in [-0.2, -0.15) is 0 Å². The summed E-state index contributed by atoms with van der Waals surface area (Å²) in [6.45, 7) is 7.43. The summed E-state index contributed by atoms with van der Waals surface area (Å²) in [6.07, 6.45) is 3.17. The lowest BCUT2D eigenvalue weighted by atomic mass is 10.0. The van der Waals surface area contributed by atoms with Gasteiger partial charge >= 0.3 is 6.03 Å². The fourth-order valence-corrected chi connectivity index (χ4v) is 4.11. The molecule has 164 valence electrons. The summed E-state index contributed by atoms with van der Waals surface area (Å²) in [4.78, 5) is 14.5. The van der Waals surface area contributed by atoms with Crippen LogP contribution in [0.25, 0.3) is 5.70 Å². The van der Waals surface area contributed by atoms with Crippen molar-refractivity contribution in [2.24, 2.45) is 5.84 Å². The molecule has 5 nitrogen and oxygen atoms in total. The molecule has 0 aromatic heterocycles. The molecule has 1 saturated heterocycles. The van der Waals surface area contributed by atoms with Gasteiger partial charge in [0.25, 0.3) is 0 Å². The molecule has 3 N–H and O–H groups in total. The molecule has 2 amide bonds. The van der Waals surface area contributed by atoms with Gasteiger partial charge in [0.2, 0.25) is 0 Å². The first-order chi connectivity index (χ1) is 14.8. The number of likely N-dealkylation sites (tertiary alicyclic amines) is 1. The molecule has 3 rings (SSSR count). The fourth-order valence-electron chi connectivity index (χ4n) is 3.48. The number of nitrogens with one attached hydrogen (secondary N) is 1. The van der Waals surface area contributed by atoms with Gasteiger partial charge in [-0.15, -0.1) is 0 Å². The summed E-state index contributed by atoms with van der Waals surface area (Å²) in [5.74, 6) is 6.52. The summed E-state index contributed by atoms with van der Waals surface area (Å²) in [7, 11) is 0. The highest BCUT2D eigenvalue weighted by atomic mass is 35.5. The van der Waals surface area contributed by atoms with E-state index >= 15 is 0 Å². The quantitative estimate of drug-likeness (QED) is 0.293. The average Bonchev–Trinajstić information content (AvgIpc) is 2.75. The first kappa shape index (κ1) is 23.5.